The van der Waals surface area contributed by atoms with Crippen LogP contribution in [0.4, 0.5) is 0 Å². The maximum atomic E-state index is 7.61. The van der Waals surface area contributed by atoms with Crippen molar-refractivity contribution in [2.24, 2.45) is 11.5 Å². The van der Waals surface area contributed by atoms with E-state index in [0.717, 1.165) is 11.1 Å². The molecule has 0 heterocycles. The zero-order valence-electron chi connectivity index (χ0n) is 16.1. The first-order valence-electron chi connectivity index (χ1n) is 8.75. The molecule has 3 aromatic carbocycles. The third kappa shape index (κ3) is 6.40. The quantitative estimate of drug-likeness (QED) is 0.305. The second-order valence-corrected chi connectivity index (χ2v) is 6.21. The molecular weight excluding hydrogens is 423 g/mol. The first-order valence-corrected chi connectivity index (χ1v) is 8.75. The first-order chi connectivity index (χ1) is 13.5. The molecule has 30 heavy (non-hydrogen) atoms. The van der Waals surface area contributed by atoms with Gasteiger partial charge in [-0.05, 0) is 35.4 Å². The van der Waals surface area contributed by atoms with Gasteiger partial charge in [0.1, 0.15) is 36.4 Å². The minimum atomic E-state index is -0.0195. The van der Waals surface area contributed by atoms with E-state index >= 15 is 0 Å². The molecule has 8 heteroatoms. The Morgan fingerprint density at radius 2 is 0.933 bits per heavy atom. The number of halogens is 2. The normalized spacial score (nSPS) is 9.60. The van der Waals surface area contributed by atoms with Gasteiger partial charge in [-0.1, -0.05) is 48.5 Å². The van der Waals surface area contributed by atoms with Crippen molar-refractivity contribution in [2.75, 3.05) is 0 Å². The Hall–Kier alpha value is -3.22. The molecule has 0 spiro atoms. The molecule has 0 aliphatic carbocycles. The lowest BCUT2D eigenvalue weighted by atomic mass is 10.1. The topological polar surface area (TPSA) is 118 Å². The highest BCUT2D eigenvalue weighted by molar-refractivity contribution is 5.98. The Labute approximate surface area is 188 Å². The van der Waals surface area contributed by atoms with Gasteiger partial charge in [0.25, 0.3) is 0 Å². The van der Waals surface area contributed by atoms with E-state index in [9.17, 15) is 0 Å². The van der Waals surface area contributed by atoms with E-state index in [2.05, 4.69) is 0 Å². The highest BCUT2D eigenvalue weighted by Crippen LogP contribution is 2.20. The number of nitrogens with one attached hydrogen (secondary N) is 2. The molecule has 6 N–H and O–H groups in total. The Kier molecular flexibility index (Phi) is 9.68. The number of para-hydroxylation sites is 2. The van der Waals surface area contributed by atoms with Gasteiger partial charge in [0, 0.05) is 0 Å². The summed E-state index contributed by atoms with van der Waals surface area (Å²) in [6.45, 7) is 0.747. The molecule has 0 aliphatic heterocycles. The summed E-state index contributed by atoms with van der Waals surface area (Å²) in [5, 5.41) is 15.2. The van der Waals surface area contributed by atoms with Crippen LogP contribution in [0.5, 0.6) is 11.5 Å². The molecule has 0 radical (unpaired) electrons. The first kappa shape index (κ1) is 24.8. The fourth-order valence-corrected chi connectivity index (χ4v) is 2.68. The molecule has 158 valence electrons. The monoisotopic (exact) mass is 446 g/mol. The van der Waals surface area contributed by atoms with Gasteiger partial charge in [-0.15, -0.1) is 24.8 Å². The van der Waals surface area contributed by atoms with Crippen LogP contribution in [0.3, 0.4) is 0 Å². The van der Waals surface area contributed by atoms with Gasteiger partial charge in [-0.3, -0.25) is 10.8 Å². The molecule has 6 nitrogen and oxygen atoms in total. The fourth-order valence-electron chi connectivity index (χ4n) is 2.68. The zero-order valence-corrected chi connectivity index (χ0v) is 17.8. The molecule has 3 rings (SSSR count). The number of ether oxygens (including phenoxy) is 2. The van der Waals surface area contributed by atoms with Gasteiger partial charge in [0.05, 0.1) is 11.1 Å². The lowest BCUT2D eigenvalue weighted by Crippen LogP contribution is -2.13. The summed E-state index contributed by atoms with van der Waals surface area (Å²) in [5.74, 6) is 1.13. The third-order valence-corrected chi connectivity index (χ3v) is 4.17. The molecule has 0 aromatic heterocycles. The standard InChI is InChI=1S/C22H22N4O2.2ClH/c23-21(24)17-5-1-3-7-19(17)27-13-15-9-11-16(12-10-15)14-28-20-8-4-2-6-18(20)22(25)26;;/h1-12H,13-14H2,(H3,23,24)(H3,25,26);2*1H. The molecule has 0 bridgehead atoms. The largest absolute Gasteiger partial charge is 0.488 e. The smallest absolute Gasteiger partial charge is 0.130 e. The van der Waals surface area contributed by atoms with Crippen LogP contribution in [-0.4, -0.2) is 11.7 Å². The van der Waals surface area contributed by atoms with Crippen LogP contribution in [0.1, 0.15) is 22.3 Å². The van der Waals surface area contributed by atoms with Crippen molar-refractivity contribution in [3.63, 3.8) is 0 Å². The average Bonchev–Trinajstić information content (AvgIpc) is 2.71. The summed E-state index contributed by atoms with van der Waals surface area (Å²) in [5.41, 5.74) is 14.3. The Morgan fingerprint density at radius 3 is 1.27 bits per heavy atom. The van der Waals surface area contributed by atoms with Gasteiger partial charge in [0.15, 0.2) is 0 Å². The molecule has 0 atom stereocenters. The van der Waals surface area contributed by atoms with Crippen molar-refractivity contribution in [3.8, 4) is 11.5 Å². The van der Waals surface area contributed by atoms with E-state index in [1.807, 2.05) is 48.5 Å². The van der Waals surface area contributed by atoms with Crippen LogP contribution in [-0.2, 0) is 13.2 Å². The lowest BCUT2D eigenvalue weighted by molar-refractivity contribution is 0.302. The number of hydrogen-bond donors (Lipinski definition) is 4. The zero-order chi connectivity index (χ0) is 19.9. The second kappa shape index (κ2) is 11.7. The number of nitrogen functional groups attached to an aromatic ring is 2. The van der Waals surface area contributed by atoms with E-state index in [-0.39, 0.29) is 36.5 Å². The minimum Gasteiger partial charge on any atom is -0.488 e. The highest BCUT2D eigenvalue weighted by Gasteiger charge is 2.07. The number of nitrogens with two attached hydrogens (primary N) is 2. The van der Waals surface area contributed by atoms with Crippen LogP contribution < -0.4 is 20.9 Å². The number of benzene rings is 3. The van der Waals surface area contributed by atoms with E-state index in [4.69, 9.17) is 31.8 Å². The van der Waals surface area contributed by atoms with Gasteiger partial charge in [-0.25, -0.2) is 0 Å². The van der Waals surface area contributed by atoms with Crippen molar-refractivity contribution in [1.82, 2.24) is 0 Å². The van der Waals surface area contributed by atoms with Crippen LogP contribution in [0, 0.1) is 10.8 Å². The van der Waals surface area contributed by atoms with Gasteiger partial charge >= 0.3 is 0 Å². The summed E-state index contributed by atoms with van der Waals surface area (Å²) < 4.78 is 11.6. The molecule has 0 saturated heterocycles. The van der Waals surface area contributed by atoms with Gasteiger partial charge in [-0.2, -0.15) is 0 Å². The van der Waals surface area contributed by atoms with E-state index in [1.54, 1.807) is 24.3 Å². The molecule has 0 aliphatic rings. The van der Waals surface area contributed by atoms with Crippen molar-refractivity contribution < 1.29 is 9.47 Å². The van der Waals surface area contributed by atoms with Crippen molar-refractivity contribution in [2.45, 2.75) is 13.2 Å². The Bertz CT molecular complexity index is 914. The predicted molar refractivity (Wildman–Crippen MR) is 125 cm³/mol. The summed E-state index contributed by atoms with van der Waals surface area (Å²) in [7, 11) is 0. The number of rotatable bonds is 8. The molecular formula is C22H24Cl2N4O2. The maximum Gasteiger partial charge on any atom is 0.130 e. The average molecular weight is 447 g/mol. The lowest BCUT2D eigenvalue weighted by Gasteiger charge is -2.12. The summed E-state index contributed by atoms with van der Waals surface area (Å²) in [6, 6.07) is 22.3. The predicted octanol–water partition coefficient (Wildman–Crippen LogP) is 4.26. The second-order valence-electron chi connectivity index (χ2n) is 6.21. The minimum absolute atomic E-state index is 0. The van der Waals surface area contributed by atoms with Gasteiger partial charge in [0.2, 0.25) is 0 Å². The van der Waals surface area contributed by atoms with Crippen LogP contribution in [0.25, 0.3) is 0 Å². The molecule has 0 saturated carbocycles. The van der Waals surface area contributed by atoms with Crippen LogP contribution >= 0.6 is 24.8 Å². The summed E-state index contributed by atoms with van der Waals surface area (Å²) >= 11 is 0. The van der Waals surface area contributed by atoms with Crippen molar-refractivity contribution >= 4 is 36.5 Å². The maximum absolute atomic E-state index is 7.61. The van der Waals surface area contributed by atoms with E-state index < -0.39 is 0 Å². The van der Waals surface area contributed by atoms with Crippen molar-refractivity contribution in [3.05, 3.63) is 95.1 Å². The van der Waals surface area contributed by atoms with Crippen LogP contribution in [0.2, 0.25) is 0 Å². The summed E-state index contributed by atoms with van der Waals surface area (Å²) in [4.78, 5) is 0. The third-order valence-electron chi connectivity index (χ3n) is 4.17. The number of hydrogen-bond acceptors (Lipinski definition) is 4. The molecule has 0 amide bonds. The molecule has 3 aromatic rings. The van der Waals surface area contributed by atoms with Crippen LogP contribution in [0.15, 0.2) is 72.8 Å². The Morgan fingerprint density at radius 1 is 0.600 bits per heavy atom. The molecule has 0 fully saturated rings. The van der Waals surface area contributed by atoms with E-state index in [0.29, 0.717) is 35.8 Å². The summed E-state index contributed by atoms with van der Waals surface area (Å²) in [6.07, 6.45) is 0. The Balaban J connectivity index is 0.00000225. The molecule has 0 unspecified atom stereocenters. The van der Waals surface area contributed by atoms with Crippen molar-refractivity contribution in [1.29, 1.82) is 10.8 Å². The number of amidine groups is 2. The fraction of sp³-hybridized carbons (Fsp3) is 0.0909. The SMILES string of the molecule is Cl.Cl.N=C(N)c1ccccc1OCc1ccc(COc2ccccc2C(=N)N)cc1. The van der Waals surface area contributed by atoms with E-state index in [1.165, 1.54) is 0 Å². The van der Waals surface area contributed by atoms with Gasteiger partial charge < -0.3 is 20.9 Å². The highest BCUT2D eigenvalue weighted by atomic mass is 35.5.